The van der Waals surface area contributed by atoms with Gasteiger partial charge in [0.05, 0.1) is 21.1 Å². The number of hydrogen-bond acceptors (Lipinski definition) is 3. The monoisotopic (exact) mass is 974 g/mol. The summed E-state index contributed by atoms with van der Waals surface area (Å²) in [6, 6.07) is 45.2. The van der Waals surface area contributed by atoms with Gasteiger partial charge in [-0.25, -0.2) is 0 Å². The summed E-state index contributed by atoms with van der Waals surface area (Å²) < 4.78 is 37.3. The van der Waals surface area contributed by atoms with E-state index >= 15 is 0 Å². The van der Waals surface area contributed by atoms with Gasteiger partial charge in [-0.1, -0.05) is 194 Å². The summed E-state index contributed by atoms with van der Waals surface area (Å²) in [5.74, 6) is 0.397. The molecular weight excluding hydrogens is 896 g/mol. The highest BCUT2D eigenvalue weighted by Crippen LogP contribution is 2.61. The van der Waals surface area contributed by atoms with Gasteiger partial charge >= 0.3 is 0 Å². The van der Waals surface area contributed by atoms with Crippen molar-refractivity contribution < 1.29 is 8.53 Å². The fourth-order valence-electron chi connectivity index (χ4n) is 13.8. The molecule has 3 nitrogen and oxygen atoms in total. The second-order valence-electron chi connectivity index (χ2n) is 27.0. The van der Waals surface area contributed by atoms with Gasteiger partial charge in [0, 0.05) is 39.1 Å². The van der Waals surface area contributed by atoms with Gasteiger partial charge in [0.25, 0.3) is 6.71 Å². The Bertz CT molecular complexity index is 3730. The van der Waals surface area contributed by atoms with E-state index in [1.165, 1.54) is 86.8 Å². The zero-order chi connectivity index (χ0) is 54.0. The summed E-state index contributed by atoms with van der Waals surface area (Å²) in [5, 5.41) is 0.626. The summed E-state index contributed by atoms with van der Waals surface area (Å²) in [6.07, 6.45) is 9.31. The van der Waals surface area contributed by atoms with E-state index in [2.05, 4.69) is 208 Å². The van der Waals surface area contributed by atoms with Gasteiger partial charge in [-0.15, -0.1) is 0 Å². The van der Waals surface area contributed by atoms with Crippen LogP contribution in [0, 0.1) is 0 Å². The third-order valence-corrected chi connectivity index (χ3v) is 18.0. The summed E-state index contributed by atoms with van der Waals surface area (Å²) >= 11 is 0. The fourth-order valence-corrected chi connectivity index (χ4v) is 13.8. The smallest absolute Gasteiger partial charge is 0.297 e. The first-order valence-corrected chi connectivity index (χ1v) is 27.9. The summed E-state index contributed by atoms with van der Waals surface area (Å²) in [5.41, 5.74) is 22.7. The highest BCUT2D eigenvalue weighted by molar-refractivity contribution is 7.00. The number of hydrogen-bond donors (Lipinski definition) is 0. The maximum Gasteiger partial charge on any atom is 0.297 e. The predicted molar refractivity (Wildman–Crippen MR) is 316 cm³/mol. The largest absolute Gasteiger partial charge is 0.468 e. The van der Waals surface area contributed by atoms with Crippen LogP contribution in [-0.2, 0) is 27.1 Å². The van der Waals surface area contributed by atoms with Gasteiger partial charge in [-0.2, -0.15) is 0 Å². The highest BCUT2D eigenvalue weighted by atomic mass is 16.3. The van der Waals surface area contributed by atoms with Gasteiger partial charge in [0.1, 0.15) is 5.58 Å². The number of fused-ring (bicyclic) bond motifs is 11. The first-order valence-electron chi connectivity index (χ1n) is 29.4. The van der Waals surface area contributed by atoms with E-state index in [0.717, 1.165) is 70.9 Å². The van der Waals surface area contributed by atoms with Gasteiger partial charge in [0.2, 0.25) is 0 Å². The molecule has 8 aromatic rings. The van der Waals surface area contributed by atoms with Crippen LogP contribution in [0.1, 0.15) is 183 Å². The zero-order valence-electron chi connectivity index (χ0n) is 49.1. The lowest BCUT2D eigenvalue weighted by atomic mass is 9.35. The number of anilines is 6. The van der Waals surface area contributed by atoms with Crippen molar-refractivity contribution in [3.05, 3.63) is 172 Å². The van der Waals surface area contributed by atoms with Crippen molar-refractivity contribution in [3.8, 4) is 22.3 Å². The molecule has 1 aromatic heterocycles. The fraction of sp³-hybridized carbons (Fsp3) is 0.371. The lowest BCUT2D eigenvalue weighted by Gasteiger charge is -2.44. The number of furan rings is 1. The molecule has 4 heteroatoms. The van der Waals surface area contributed by atoms with E-state index in [-0.39, 0.29) is 46.5 Å². The Labute approximate surface area is 446 Å². The zero-order valence-corrected chi connectivity index (χ0v) is 46.1. The molecule has 374 valence electrons. The Morgan fingerprint density at radius 3 is 1.80 bits per heavy atom. The van der Waals surface area contributed by atoms with Crippen LogP contribution in [0.15, 0.2) is 138 Å². The number of rotatable bonds is 4. The highest BCUT2D eigenvalue weighted by Gasteiger charge is 2.51. The molecule has 0 unspecified atom stereocenters. The average molecular weight is 974 g/mol. The van der Waals surface area contributed by atoms with Crippen molar-refractivity contribution in [1.82, 2.24) is 0 Å². The van der Waals surface area contributed by atoms with Crippen molar-refractivity contribution in [3.63, 3.8) is 0 Å². The molecule has 2 fully saturated rings. The molecule has 7 aromatic carbocycles. The summed E-state index contributed by atoms with van der Waals surface area (Å²) in [6.45, 7) is 26.6. The second-order valence-corrected chi connectivity index (χ2v) is 27.0. The maximum atomic E-state index is 10.4. The van der Waals surface area contributed by atoms with Crippen LogP contribution >= 0.6 is 0 Å². The minimum absolute atomic E-state index is 0.00827. The second kappa shape index (κ2) is 16.4. The summed E-state index contributed by atoms with van der Waals surface area (Å²) in [4.78, 5) is 5.05. The van der Waals surface area contributed by atoms with Gasteiger partial charge in [0.15, 0.2) is 0 Å². The lowest BCUT2D eigenvalue weighted by Crippen LogP contribution is -2.61. The molecule has 74 heavy (non-hydrogen) atoms. The van der Waals surface area contributed by atoms with Crippen molar-refractivity contribution in [2.75, 3.05) is 9.80 Å². The molecule has 0 saturated heterocycles. The minimum Gasteiger partial charge on any atom is -0.468 e. The topological polar surface area (TPSA) is 19.6 Å². The lowest BCUT2D eigenvalue weighted by molar-refractivity contribution is 0.542. The van der Waals surface area contributed by atoms with Crippen LogP contribution in [0.3, 0.4) is 0 Å². The van der Waals surface area contributed by atoms with Crippen LogP contribution in [0.4, 0.5) is 34.1 Å². The van der Waals surface area contributed by atoms with E-state index < -0.39 is 5.41 Å². The Hall–Kier alpha value is -6.26. The van der Waals surface area contributed by atoms with Gasteiger partial charge in [-0.05, 0) is 168 Å². The molecule has 13 rings (SSSR count). The van der Waals surface area contributed by atoms with E-state index in [4.69, 9.17) is 4.42 Å². The Morgan fingerprint density at radius 2 is 1.15 bits per heavy atom. The molecule has 0 atom stereocenters. The van der Waals surface area contributed by atoms with Crippen LogP contribution in [-0.4, -0.2) is 6.71 Å². The van der Waals surface area contributed by atoms with Crippen LogP contribution in [0.5, 0.6) is 0 Å². The molecular formula is C70H75BN2O. The van der Waals surface area contributed by atoms with Crippen LogP contribution < -0.4 is 26.4 Å². The molecule has 3 heterocycles. The first kappa shape index (κ1) is 44.1. The van der Waals surface area contributed by atoms with Crippen LogP contribution in [0.2, 0.25) is 0 Å². The van der Waals surface area contributed by atoms with Crippen molar-refractivity contribution in [2.45, 2.75) is 167 Å². The van der Waals surface area contributed by atoms with E-state index in [1.54, 1.807) is 0 Å². The Kier molecular flexibility index (Phi) is 9.75. The Morgan fingerprint density at radius 1 is 0.554 bits per heavy atom. The Balaban J connectivity index is 1.14. The van der Waals surface area contributed by atoms with Crippen molar-refractivity contribution in [2.24, 2.45) is 0 Å². The predicted octanol–water partition coefficient (Wildman–Crippen LogP) is 17.9. The average Bonchev–Trinajstić information content (AvgIpc) is 4.06. The quantitative estimate of drug-likeness (QED) is 0.164. The standard InChI is InChI=1S/C70H75BN2O/c1-66(2,3)47-26-22-44(23-27-47)45-24-31-51(32-25-45)72-57-34-29-50(69(10,11)12)42-56(57)71-63-59(72)38-46(43-18-13-14-19-43)39-60(63)73(64-53-40-48(67(4,5)6)30-35-61(53)74-65(64)71)58-21-17-20-54-62(58)52-33-28-49(68(7,8)9)41-55(52)70(54)36-15-16-37-70/h17,20-35,38-43H,13-16,18-19,36-37H2,1-12H3/i30D,35D,40D. The van der Waals surface area contributed by atoms with Crippen molar-refractivity contribution in [1.29, 1.82) is 0 Å². The number of nitrogens with zero attached hydrogens (tertiary/aromatic N) is 2. The summed E-state index contributed by atoms with van der Waals surface area (Å²) in [7, 11) is 0. The molecule has 0 bridgehead atoms. The molecule has 3 aliphatic carbocycles. The molecule has 5 aliphatic rings. The third kappa shape index (κ3) is 7.27. The molecule has 1 spiro atoms. The van der Waals surface area contributed by atoms with E-state index in [1.807, 2.05) is 0 Å². The van der Waals surface area contributed by atoms with E-state index in [9.17, 15) is 4.11 Å². The molecule has 0 amide bonds. The van der Waals surface area contributed by atoms with Crippen molar-refractivity contribution >= 4 is 68.4 Å². The van der Waals surface area contributed by atoms with Gasteiger partial charge < -0.3 is 14.2 Å². The molecule has 0 N–H and O–H groups in total. The molecule has 2 aliphatic heterocycles. The SMILES string of the molecule is [2H]c1c(C(C)(C)C)c([2H])c2c3c(oc2c1[2H])B1c2cc(C(C)(C)C)ccc2N(c2ccc(-c4ccc(C(C)(C)C)cc4)cc2)c2cc(C4CCCC4)cc(c21)N3c1cccc2c1-c1ccc(C(C)(C)C)cc1C21CCCC1. The normalized spacial score (nSPS) is 17.6. The van der Waals surface area contributed by atoms with Gasteiger partial charge in [-0.3, -0.25) is 0 Å². The third-order valence-electron chi connectivity index (χ3n) is 18.0. The minimum atomic E-state index is -0.569. The maximum absolute atomic E-state index is 10.4. The molecule has 0 radical (unpaired) electrons. The first-order chi connectivity index (χ1) is 36.5. The van der Waals surface area contributed by atoms with Crippen LogP contribution in [0.25, 0.3) is 33.2 Å². The van der Waals surface area contributed by atoms with E-state index in [0.29, 0.717) is 22.5 Å². The molecule has 2 saturated carbocycles. The number of benzene rings is 7.